The molecule has 7 heteroatoms. The largest absolute Gasteiger partial charge is 0.490 e. The van der Waals surface area contributed by atoms with E-state index in [0.717, 1.165) is 16.7 Å². The summed E-state index contributed by atoms with van der Waals surface area (Å²) in [6.07, 6.45) is 0. The lowest BCUT2D eigenvalue weighted by molar-refractivity contribution is 0.0691. The highest BCUT2D eigenvalue weighted by Gasteiger charge is 2.43. The van der Waals surface area contributed by atoms with Crippen LogP contribution in [0.2, 0.25) is 0 Å². The summed E-state index contributed by atoms with van der Waals surface area (Å²) in [7, 11) is 0. The minimum absolute atomic E-state index is 0.0170. The van der Waals surface area contributed by atoms with Crippen molar-refractivity contribution in [2.24, 2.45) is 0 Å². The zero-order chi connectivity index (χ0) is 26.1. The predicted octanol–water partition coefficient (Wildman–Crippen LogP) is 4.93. The van der Waals surface area contributed by atoms with E-state index < -0.39 is 11.9 Å². The molecule has 4 aromatic rings. The number of amides is 1. The maximum Gasteiger partial charge on any atom is 0.290 e. The van der Waals surface area contributed by atoms with Gasteiger partial charge in [0.25, 0.3) is 5.91 Å². The molecule has 0 saturated carbocycles. The number of benzene rings is 3. The quantitative estimate of drug-likeness (QED) is 0.370. The normalized spacial score (nSPS) is 14.8. The average Bonchev–Trinajstić information content (AvgIpc) is 3.15. The molecule has 0 fully saturated rings. The first-order chi connectivity index (χ1) is 17.9. The topological polar surface area (TPSA) is 89.2 Å². The lowest BCUT2D eigenvalue weighted by Crippen LogP contribution is -2.32. The summed E-state index contributed by atoms with van der Waals surface area (Å²) in [5.74, 6) is 0.667. The molecule has 1 aliphatic rings. The molecule has 1 aromatic heterocycles. The summed E-state index contributed by atoms with van der Waals surface area (Å²) in [5.41, 5.74) is 3.85. The van der Waals surface area contributed by atoms with E-state index in [4.69, 9.17) is 13.9 Å². The minimum Gasteiger partial charge on any atom is -0.490 e. The third-order valence-corrected chi connectivity index (χ3v) is 6.57. The van der Waals surface area contributed by atoms with Crippen molar-refractivity contribution >= 4 is 16.9 Å². The summed E-state index contributed by atoms with van der Waals surface area (Å²) < 4.78 is 18.0. The van der Waals surface area contributed by atoms with Crippen molar-refractivity contribution in [1.82, 2.24) is 4.90 Å². The van der Waals surface area contributed by atoms with Crippen molar-refractivity contribution in [3.8, 4) is 11.5 Å². The predicted molar refractivity (Wildman–Crippen MR) is 140 cm³/mol. The fraction of sp³-hybridized carbons (Fsp3) is 0.267. The highest BCUT2D eigenvalue weighted by atomic mass is 16.5. The Kier molecular flexibility index (Phi) is 6.72. The number of carbonyl (C=O) groups excluding carboxylic acids is 1. The van der Waals surface area contributed by atoms with Gasteiger partial charge in [-0.05, 0) is 61.2 Å². The maximum atomic E-state index is 13.8. The SMILES string of the molecule is CCOc1cc(C2c3c(oc4cc(C)cc(C)c4c3=O)C(=O)N2CCO)ccc1OCc1ccccc1. The van der Waals surface area contributed by atoms with Gasteiger partial charge in [-0.3, -0.25) is 9.59 Å². The standard InChI is InChI=1S/C30H29NO6/c1-4-35-23-16-21(10-11-22(23)36-17-20-8-6-5-7-9-20)27-26-28(33)25-19(3)14-18(2)15-24(25)37-29(26)30(34)31(27)12-13-32/h5-11,14-16,27,32H,4,12-13,17H2,1-3H3. The van der Waals surface area contributed by atoms with Gasteiger partial charge in [0.2, 0.25) is 5.76 Å². The van der Waals surface area contributed by atoms with Crippen LogP contribution in [0, 0.1) is 13.8 Å². The van der Waals surface area contributed by atoms with Crippen LogP contribution in [0.25, 0.3) is 11.0 Å². The fourth-order valence-electron chi connectivity index (χ4n) is 5.02. The zero-order valence-electron chi connectivity index (χ0n) is 21.1. The Morgan fingerprint density at radius 1 is 0.973 bits per heavy atom. The number of ether oxygens (including phenoxy) is 2. The lowest BCUT2D eigenvalue weighted by atomic mass is 9.96. The molecule has 1 aliphatic heterocycles. The number of aliphatic hydroxyl groups excluding tert-OH is 1. The molecule has 0 aliphatic carbocycles. The van der Waals surface area contributed by atoms with E-state index in [2.05, 4.69) is 0 Å². The van der Waals surface area contributed by atoms with Crippen molar-refractivity contribution < 1.29 is 23.8 Å². The van der Waals surface area contributed by atoms with E-state index in [-0.39, 0.29) is 29.9 Å². The molecular weight excluding hydrogens is 470 g/mol. The smallest absolute Gasteiger partial charge is 0.290 e. The second-order valence-corrected chi connectivity index (χ2v) is 9.17. The van der Waals surface area contributed by atoms with Crippen molar-refractivity contribution in [3.05, 3.63) is 104 Å². The van der Waals surface area contributed by atoms with Gasteiger partial charge in [-0.2, -0.15) is 0 Å². The Morgan fingerprint density at radius 2 is 1.76 bits per heavy atom. The molecular formula is C30H29NO6. The highest BCUT2D eigenvalue weighted by molar-refractivity contribution is 5.99. The van der Waals surface area contributed by atoms with Crippen molar-refractivity contribution in [2.75, 3.05) is 19.8 Å². The Balaban J connectivity index is 1.62. The van der Waals surface area contributed by atoms with Crippen LogP contribution in [0.4, 0.5) is 0 Å². The average molecular weight is 500 g/mol. The second kappa shape index (κ2) is 10.1. The van der Waals surface area contributed by atoms with E-state index >= 15 is 0 Å². The highest BCUT2D eigenvalue weighted by Crippen LogP contribution is 2.41. The first kappa shape index (κ1) is 24.6. The van der Waals surface area contributed by atoms with Gasteiger partial charge in [0.1, 0.15) is 12.2 Å². The first-order valence-electron chi connectivity index (χ1n) is 12.4. The molecule has 0 bridgehead atoms. The molecule has 37 heavy (non-hydrogen) atoms. The molecule has 0 spiro atoms. The molecule has 1 N–H and O–H groups in total. The molecule has 0 saturated heterocycles. The number of hydrogen-bond acceptors (Lipinski definition) is 6. The van der Waals surface area contributed by atoms with Crippen LogP contribution in [0.1, 0.15) is 51.3 Å². The molecule has 190 valence electrons. The van der Waals surface area contributed by atoms with Crippen molar-refractivity contribution in [1.29, 1.82) is 0 Å². The van der Waals surface area contributed by atoms with Gasteiger partial charge in [0.05, 0.1) is 30.2 Å². The lowest BCUT2D eigenvalue weighted by Gasteiger charge is -2.25. The Hall–Kier alpha value is -4.10. The van der Waals surface area contributed by atoms with Gasteiger partial charge >= 0.3 is 0 Å². The fourth-order valence-corrected chi connectivity index (χ4v) is 5.02. The van der Waals surface area contributed by atoms with Gasteiger partial charge in [0.15, 0.2) is 16.9 Å². The zero-order valence-corrected chi connectivity index (χ0v) is 21.1. The third kappa shape index (κ3) is 4.47. The van der Waals surface area contributed by atoms with Gasteiger partial charge in [0, 0.05) is 6.54 Å². The number of rotatable bonds is 8. The molecule has 1 atom stereocenters. The number of carbonyl (C=O) groups is 1. The molecule has 0 radical (unpaired) electrons. The molecule has 2 heterocycles. The van der Waals surface area contributed by atoms with Crippen LogP contribution in [0.5, 0.6) is 11.5 Å². The molecule has 3 aromatic carbocycles. The summed E-state index contributed by atoms with van der Waals surface area (Å²) in [4.78, 5) is 28.7. The van der Waals surface area contributed by atoms with Gasteiger partial charge in [-0.1, -0.05) is 42.5 Å². The number of aryl methyl sites for hydroxylation is 2. The molecule has 7 nitrogen and oxygen atoms in total. The van der Waals surface area contributed by atoms with E-state index in [1.54, 1.807) is 18.2 Å². The van der Waals surface area contributed by atoms with Crippen LogP contribution in [0.15, 0.2) is 69.9 Å². The number of aliphatic hydroxyl groups is 1. The first-order valence-corrected chi connectivity index (χ1v) is 12.4. The molecule has 5 rings (SSSR count). The van der Waals surface area contributed by atoms with E-state index in [0.29, 0.717) is 41.2 Å². The van der Waals surface area contributed by atoms with Crippen LogP contribution in [-0.2, 0) is 6.61 Å². The number of hydrogen-bond donors (Lipinski definition) is 1. The van der Waals surface area contributed by atoms with Crippen LogP contribution in [-0.4, -0.2) is 35.7 Å². The van der Waals surface area contributed by atoms with Crippen LogP contribution < -0.4 is 14.9 Å². The van der Waals surface area contributed by atoms with Gasteiger partial charge in [-0.15, -0.1) is 0 Å². The maximum absolute atomic E-state index is 13.8. The molecule has 1 unspecified atom stereocenters. The minimum atomic E-state index is -0.724. The molecule has 1 amide bonds. The van der Waals surface area contributed by atoms with Gasteiger partial charge < -0.3 is 23.9 Å². The third-order valence-electron chi connectivity index (χ3n) is 6.57. The van der Waals surface area contributed by atoms with Crippen molar-refractivity contribution in [3.63, 3.8) is 0 Å². The summed E-state index contributed by atoms with van der Waals surface area (Å²) in [5, 5.41) is 10.2. The Bertz CT molecular complexity index is 1530. The number of β-amino-alcohol motifs (C(OH)–C–C–N with tert-alkyl or cyclic N) is 1. The summed E-state index contributed by atoms with van der Waals surface area (Å²) >= 11 is 0. The second-order valence-electron chi connectivity index (χ2n) is 9.17. The van der Waals surface area contributed by atoms with E-state index in [1.165, 1.54) is 4.90 Å². The summed E-state index contributed by atoms with van der Waals surface area (Å²) in [6.45, 7) is 6.25. The number of nitrogens with zero attached hydrogens (tertiary/aromatic N) is 1. The number of fused-ring (bicyclic) bond motifs is 2. The van der Waals surface area contributed by atoms with Gasteiger partial charge in [-0.25, -0.2) is 0 Å². The van der Waals surface area contributed by atoms with Crippen LogP contribution in [0.3, 0.4) is 0 Å². The van der Waals surface area contributed by atoms with E-state index in [9.17, 15) is 14.7 Å². The Morgan fingerprint density at radius 3 is 2.49 bits per heavy atom. The van der Waals surface area contributed by atoms with E-state index in [1.807, 2.05) is 63.2 Å². The summed E-state index contributed by atoms with van der Waals surface area (Å²) in [6, 6.07) is 18.2. The monoisotopic (exact) mass is 499 g/mol. The van der Waals surface area contributed by atoms with Crippen molar-refractivity contribution in [2.45, 2.75) is 33.4 Å². The van der Waals surface area contributed by atoms with Crippen LogP contribution >= 0.6 is 0 Å². The Labute approximate surface area is 214 Å².